The van der Waals surface area contributed by atoms with Crippen molar-refractivity contribution < 1.29 is 4.79 Å². The first kappa shape index (κ1) is 13.5. The van der Waals surface area contributed by atoms with Gasteiger partial charge in [0, 0.05) is 6.42 Å². The molecule has 112 valence electrons. The first-order valence-electron chi connectivity index (χ1n) is 7.88. The van der Waals surface area contributed by atoms with Crippen molar-refractivity contribution in [1.82, 2.24) is 9.97 Å². The maximum Gasteiger partial charge on any atom is 0.226 e. The van der Waals surface area contributed by atoms with Crippen LogP contribution in [0, 0.1) is 23.2 Å². The van der Waals surface area contributed by atoms with Gasteiger partial charge in [0.1, 0.15) is 5.15 Å². The summed E-state index contributed by atoms with van der Waals surface area (Å²) in [4.78, 5) is 20.4. The van der Waals surface area contributed by atoms with Gasteiger partial charge in [-0.05, 0) is 61.7 Å². The molecular formula is C16H20ClN3O. The van der Waals surface area contributed by atoms with Gasteiger partial charge in [-0.25, -0.2) is 4.98 Å². The van der Waals surface area contributed by atoms with Crippen molar-refractivity contribution in [3.05, 3.63) is 17.5 Å². The summed E-state index contributed by atoms with van der Waals surface area (Å²) in [7, 11) is 0. The van der Waals surface area contributed by atoms with Crippen LogP contribution < -0.4 is 5.32 Å². The second-order valence-electron chi connectivity index (χ2n) is 7.37. The number of anilines is 1. The fraction of sp³-hybridized carbons (Fsp3) is 0.688. The normalized spacial score (nSPS) is 36.7. The lowest BCUT2D eigenvalue weighted by Gasteiger charge is -2.56. The van der Waals surface area contributed by atoms with Gasteiger partial charge in [-0.1, -0.05) is 11.6 Å². The molecule has 5 heteroatoms. The summed E-state index contributed by atoms with van der Waals surface area (Å²) in [5.74, 6) is 3.13. The molecule has 0 spiro atoms. The minimum atomic E-state index is 0.0634. The van der Waals surface area contributed by atoms with Gasteiger partial charge in [0.15, 0.2) is 5.82 Å². The summed E-state index contributed by atoms with van der Waals surface area (Å²) in [6.07, 6.45) is 11.6. The molecule has 4 bridgehead atoms. The predicted molar refractivity (Wildman–Crippen MR) is 80.9 cm³/mol. The van der Waals surface area contributed by atoms with Crippen LogP contribution in [-0.2, 0) is 4.79 Å². The van der Waals surface area contributed by atoms with E-state index in [0.717, 1.165) is 17.8 Å². The van der Waals surface area contributed by atoms with E-state index in [4.69, 9.17) is 11.6 Å². The number of rotatable bonds is 3. The van der Waals surface area contributed by atoms with E-state index in [1.165, 1.54) is 44.7 Å². The van der Waals surface area contributed by atoms with Crippen LogP contribution in [0.2, 0.25) is 5.15 Å². The Hall–Kier alpha value is -1.16. The fourth-order valence-corrected chi connectivity index (χ4v) is 5.58. The molecule has 1 aromatic rings. The third-order valence-electron chi connectivity index (χ3n) is 5.57. The topological polar surface area (TPSA) is 54.9 Å². The molecule has 0 radical (unpaired) electrons. The number of aromatic nitrogens is 2. The molecule has 4 saturated carbocycles. The molecule has 21 heavy (non-hydrogen) atoms. The van der Waals surface area contributed by atoms with Crippen LogP contribution in [0.4, 0.5) is 5.82 Å². The SMILES string of the molecule is O=C(CC12CC3CC(CC(C3)C1)C2)Nc1cncc(Cl)n1. The molecule has 1 heterocycles. The Labute approximate surface area is 129 Å². The summed E-state index contributed by atoms with van der Waals surface area (Å²) in [5, 5.41) is 3.17. The smallest absolute Gasteiger partial charge is 0.226 e. The molecule has 1 N–H and O–H groups in total. The van der Waals surface area contributed by atoms with Gasteiger partial charge < -0.3 is 5.32 Å². The van der Waals surface area contributed by atoms with E-state index in [-0.39, 0.29) is 11.3 Å². The lowest BCUT2D eigenvalue weighted by molar-refractivity contribution is -0.124. The Kier molecular flexibility index (Phi) is 3.18. The average Bonchev–Trinajstić information content (AvgIpc) is 2.35. The maximum atomic E-state index is 12.4. The van der Waals surface area contributed by atoms with E-state index in [0.29, 0.717) is 17.4 Å². The molecule has 0 unspecified atom stereocenters. The summed E-state index contributed by atoms with van der Waals surface area (Å²) in [6.45, 7) is 0. The fourth-order valence-electron chi connectivity index (χ4n) is 5.44. The van der Waals surface area contributed by atoms with Crippen molar-refractivity contribution >= 4 is 23.3 Å². The van der Waals surface area contributed by atoms with E-state index in [1.807, 2.05) is 0 Å². The Morgan fingerprint density at radius 1 is 1.19 bits per heavy atom. The Balaban J connectivity index is 1.45. The number of hydrogen-bond acceptors (Lipinski definition) is 3. The Morgan fingerprint density at radius 3 is 2.38 bits per heavy atom. The Bertz CT molecular complexity index is 539. The van der Waals surface area contributed by atoms with Gasteiger partial charge in [0.05, 0.1) is 12.4 Å². The second kappa shape index (κ2) is 4.94. The summed E-state index contributed by atoms with van der Waals surface area (Å²) < 4.78 is 0. The van der Waals surface area contributed by atoms with Crippen LogP contribution in [0.1, 0.15) is 44.9 Å². The van der Waals surface area contributed by atoms with Crippen molar-refractivity contribution in [3.8, 4) is 0 Å². The highest BCUT2D eigenvalue weighted by atomic mass is 35.5. The first-order valence-corrected chi connectivity index (χ1v) is 8.25. The molecule has 4 aliphatic carbocycles. The van der Waals surface area contributed by atoms with Gasteiger partial charge in [0.2, 0.25) is 5.91 Å². The Morgan fingerprint density at radius 2 is 1.81 bits per heavy atom. The molecule has 4 nitrogen and oxygen atoms in total. The van der Waals surface area contributed by atoms with Crippen molar-refractivity contribution in [2.24, 2.45) is 23.2 Å². The molecule has 4 fully saturated rings. The van der Waals surface area contributed by atoms with E-state index in [1.54, 1.807) is 6.20 Å². The molecular weight excluding hydrogens is 286 g/mol. The van der Waals surface area contributed by atoms with Crippen molar-refractivity contribution in [3.63, 3.8) is 0 Å². The van der Waals surface area contributed by atoms with Crippen molar-refractivity contribution in [1.29, 1.82) is 0 Å². The van der Waals surface area contributed by atoms with Crippen LogP contribution in [0.5, 0.6) is 0 Å². The molecule has 0 aliphatic heterocycles. The van der Waals surface area contributed by atoms with Gasteiger partial charge in [-0.15, -0.1) is 0 Å². The number of amides is 1. The third kappa shape index (κ3) is 2.66. The number of hydrogen-bond donors (Lipinski definition) is 1. The van der Waals surface area contributed by atoms with Gasteiger partial charge in [-0.3, -0.25) is 9.78 Å². The van der Waals surface area contributed by atoms with E-state index >= 15 is 0 Å². The van der Waals surface area contributed by atoms with Crippen molar-refractivity contribution in [2.45, 2.75) is 44.9 Å². The van der Waals surface area contributed by atoms with Crippen LogP contribution >= 0.6 is 11.6 Å². The zero-order valence-electron chi connectivity index (χ0n) is 12.0. The quantitative estimate of drug-likeness (QED) is 0.927. The number of carbonyl (C=O) groups is 1. The van der Waals surface area contributed by atoms with Crippen molar-refractivity contribution in [2.75, 3.05) is 5.32 Å². The van der Waals surface area contributed by atoms with Crippen LogP contribution in [0.3, 0.4) is 0 Å². The van der Waals surface area contributed by atoms with Gasteiger partial charge in [0.25, 0.3) is 0 Å². The molecule has 1 amide bonds. The maximum absolute atomic E-state index is 12.4. The molecule has 1 aromatic heterocycles. The number of nitrogens with one attached hydrogen (secondary N) is 1. The predicted octanol–water partition coefficient (Wildman–Crippen LogP) is 3.68. The second-order valence-corrected chi connectivity index (χ2v) is 7.76. The van der Waals surface area contributed by atoms with Gasteiger partial charge in [-0.2, -0.15) is 0 Å². The number of nitrogens with zero attached hydrogens (tertiary/aromatic N) is 2. The summed E-state index contributed by atoms with van der Waals surface area (Å²) >= 11 is 5.80. The standard InChI is InChI=1S/C16H20ClN3O/c17-13-8-18-9-14(19-13)20-15(21)7-16-4-10-1-11(5-16)3-12(2-10)6-16/h8-12H,1-7H2,(H,19,20,21). The summed E-state index contributed by atoms with van der Waals surface area (Å²) in [6, 6.07) is 0. The molecule has 4 aliphatic rings. The minimum Gasteiger partial charge on any atom is -0.309 e. The number of carbonyl (C=O) groups excluding carboxylic acids is 1. The van der Waals surface area contributed by atoms with Gasteiger partial charge >= 0.3 is 0 Å². The van der Waals surface area contributed by atoms with E-state index < -0.39 is 0 Å². The lowest BCUT2D eigenvalue weighted by atomic mass is 9.49. The molecule has 5 rings (SSSR count). The molecule has 0 saturated heterocycles. The molecule has 0 atom stereocenters. The highest BCUT2D eigenvalue weighted by Gasteiger charge is 2.51. The summed E-state index contributed by atoms with van der Waals surface area (Å²) in [5.41, 5.74) is 0.255. The number of halogens is 1. The monoisotopic (exact) mass is 305 g/mol. The minimum absolute atomic E-state index is 0.0634. The van der Waals surface area contributed by atoms with E-state index in [2.05, 4.69) is 15.3 Å². The lowest BCUT2D eigenvalue weighted by Crippen LogP contribution is -2.47. The van der Waals surface area contributed by atoms with Crippen LogP contribution in [0.15, 0.2) is 12.4 Å². The third-order valence-corrected chi connectivity index (χ3v) is 5.76. The zero-order valence-corrected chi connectivity index (χ0v) is 12.8. The highest BCUT2D eigenvalue weighted by molar-refractivity contribution is 6.29. The largest absolute Gasteiger partial charge is 0.309 e. The van der Waals surface area contributed by atoms with Crippen LogP contribution in [0.25, 0.3) is 0 Å². The average molecular weight is 306 g/mol. The highest BCUT2D eigenvalue weighted by Crippen LogP contribution is 2.61. The first-order chi connectivity index (χ1) is 10.1. The van der Waals surface area contributed by atoms with Crippen LogP contribution in [-0.4, -0.2) is 15.9 Å². The zero-order chi connectivity index (χ0) is 14.4. The van der Waals surface area contributed by atoms with E-state index in [9.17, 15) is 4.79 Å². The molecule has 0 aromatic carbocycles.